The van der Waals surface area contributed by atoms with Crippen LogP contribution in [-0.2, 0) is 0 Å². The van der Waals surface area contributed by atoms with Crippen molar-refractivity contribution in [2.75, 3.05) is 6.54 Å². The highest BCUT2D eigenvalue weighted by atomic mass is 16.5. The second-order valence-electron chi connectivity index (χ2n) is 5.12. The third kappa shape index (κ3) is 2.66. The van der Waals surface area contributed by atoms with E-state index in [1.165, 1.54) is 0 Å². The van der Waals surface area contributed by atoms with Crippen molar-refractivity contribution in [3.63, 3.8) is 0 Å². The summed E-state index contributed by atoms with van der Waals surface area (Å²) in [5.41, 5.74) is 6.47. The van der Waals surface area contributed by atoms with E-state index in [0.717, 1.165) is 43.8 Å². The van der Waals surface area contributed by atoms with Crippen molar-refractivity contribution < 1.29 is 4.52 Å². The standard InChI is InChI=1S/C14H18N4O/c15-9-10-4-6-11(7-5-10)14-17-13(18-19-14)12-3-1-2-8-16-12/h1-3,8,10-11H,4-7,9,15H2. The summed E-state index contributed by atoms with van der Waals surface area (Å²) in [5, 5.41) is 4.03. The van der Waals surface area contributed by atoms with Gasteiger partial charge in [-0.2, -0.15) is 4.98 Å². The van der Waals surface area contributed by atoms with Crippen molar-refractivity contribution in [3.8, 4) is 11.5 Å². The summed E-state index contributed by atoms with van der Waals surface area (Å²) in [6.07, 6.45) is 6.22. The predicted octanol–water partition coefficient (Wildman–Crippen LogP) is 2.36. The Morgan fingerprint density at radius 3 is 2.74 bits per heavy atom. The van der Waals surface area contributed by atoms with E-state index < -0.39 is 0 Å². The van der Waals surface area contributed by atoms with Crippen LogP contribution >= 0.6 is 0 Å². The average Bonchev–Trinajstić information content (AvgIpc) is 2.98. The van der Waals surface area contributed by atoms with Crippen LogP contribution in [0.25, 0.3) is 11.5 Å². The molecule has 1 aliphatic carbocycles. The third-order valence-electron chi connectivity index (χ3n) is 3.87. The third-order valence-corrected chi connectivity index (χ3v) is 3.87. The number of aromatic nitrogens is 3. The molecule has 0 unspecified atom stereocenters. The highest BCUT2D eigenvalue weighted by Crippen LogP contribution is 2.35. The van der Waals surface area contributed by atoms with Gasteiger partial charge in [0, 0.05) is 12.1 Å². The second-order valence-corrected chi connectivity index (χ2v) is 5.12. The molecule has 3 rings (SSSR count). The van der Waals surface area contributed by atoms with Gasteiger partial charge in [0.05, 0.1) is 0 Å². The maximum Gasteiger partial charge on any atom is 0.230 e. The van der Waals surface area contributed by atoms with E-state index in [0.29, 0.717) is 17.7 Å². The first kappa shape index (κ1) is 12.3. The molecule has 2 aromatic heterocycles. The summed E-state index contributed by atoms with van der Waals surface area (Å²) in [4.78, 5) is 8.71. The monoisotopic (exact) mass is 258 g/mol. The molecular formula is C14H18N4O. The van der Waals surface area contributed by atoms with Crippen LogP contribution in [0.3, 0.4) is 0 Å². The fourth-order valence-corrected chi connectivity index (χ4v) is 2.65. The zero-order valence-corrected chi connectivity index (χ0v) is 10.8. The van der Waals surface area contributed by atoms with Crippen LogP contribution in [-0.4, -0.2) is 21.7 Å². The van der Waals surface area contributed by atoms with Crippen LogP contribution in [0.15, 0.2) is 28.9 Å². The van der Waals surface area contributed by atoms with E-state index in [-0.39, 0.29) is 0 Å². The van der Waals surface area contributed by atoms with Crippen LogP contribution in [0.4, 0.5) is 0 Å². The highest BCUT2D eigenvalue weighted by Gasteiger charge is 2.26. The van der Waals surface area contributed by atoms with E-state index in [4.69, 9.17) is 10.3 Å². The molecule has 2 N–H and O–H groups in total. The zero-order valence-electron chi connectivity index (χ0n) is 10.8. The fraction of sp³-hybridized carbons (Fsp3) is 0.500. The van der Waals surface area contributed by atoms with Crippen LogP contribution in [0.2, 0.25) is 0 Å². The van der Waals surface area contributed by atoms with Crippen molar-refractivity contribution in [2.45, 2.75) is 31.6 Å². The molecule has 5 heteroatoms. The summed E-state index contributed by atoms with van der Waals surface area (Å²) in [6.45, 7) is 0.787. The van der Waals surface area contributed by atoms with Gasteiger partial charge in [-0.3, -0.25) is 4.98 Å². The molecule has 5 nitrogen and oxygen atoms in total. The Morgan fingerprint density at radius 2 is 2.05 bits per heavy atom. The molecule has 0 bridgehead atoms. The van der Waals surface area contributed by atoms with Gasteiger partial charge < -0.3 is 10.3 Å². The topological polar surface area (TPSA) is 77.8 Å². The minimum atomic E-state index is 0.382. The van der Waals surface area contributed by atoms with E-state index in [1.54, 1.807) is 6.20 Å². The van der Waals surface area contributed by atoms with Gasteiger partial charge in [0.1, 0.15) is 5.69 Å². The van der Waals surface area contributed by atoms with Gasteiger partial charge in [-0.05, 0) is 50.3 Å². The molecule has 0 amide bonds. The molecule has 0 radical (unpaired) electrons. The lowest BCUT2D eigenvalue weighted by molar-refractivity contribution is 0.275. The van der Waals surface area contributed by atoms with Gasteiger partial charge in [-0.1, -0.05) is 11.2 Å². The quantitative estimate of drug-likeness (QED) is 0.914. The van der Waals surface area contributed by atoms with Gasteiger partial charge in [-0.15, -0.1) is 0 Å². The van der Waals surface area contributed by atoms with E-state index in [1.807, 2.05) is 18.2 Å². The Morgan fingerprint density at radius 1 is 1.21 bits per heavy atom. The first-order valence-electron chi connectivity index (χ1n) is 6.82. The molecule has 1 fully saturated rings. The first-order chi connectivity index (χ1) is 9.36. The molecular weight excluding hydrogens is 240 g/mol. The Hall–Kier alpha value is -1.75. The largest absolute Gasteiger partial charge is 0.339 e. The van der Waals surface area contributed by atoms with E-state index in [9.17, 15) is 0 Å². The van der Waals surface area contributed by atoms with Crippen molar-refractivity contribution >= 4 is 0 Å². The molecule has 0 saturated heterocycles. The summed E-state index contributed by atoms with van der Waals surface area (Å²) in [7, 11) is 0. The van der Waals surface area contributed by atoms with Gasteiger partial charge in [0.25, 0.3) is 0 Å². The lowest BCUT2D eigenvalue weighted by Crippen LogP contribution is -2.20. The Bertz CT molecular complexity index is 517. The predicted molar refractivity (Wildman–Crippen MR) is 71.3 cm³/mol. The van der Waals surface area contributed by atoms with Gasteiger partial charge in [-0.25, -0.2) is 0 Å². The summed E-state index contributed by atoms with van der Waals surface area (Å²) in [5.74, 6) is 2.37. The smallest absolute Gasteiger partial charge is 0.230 e. The normalized spacial score (nSPS) is 23.4. The number of hydrogen-bond acceptors (Lipinski definition) is 5. The van der Waals surface area contributed by atoms with E-state index in [2.05, 4.69) is 15.1 Å². The number of nitrogens with two attached hydrogens (primary N) is 1. The summed E-state index contributed by atoms with van der Waals surface area (Å²) >= 11 is 0. The highest BCUT2D eigenvalue weighted by molar-refractivity contribution is 5.47. The van der Waals surface area contributed by atoms with Crippen molar-refractivity contribution in [1.29, 1.82) is 0 Å². The van der Waals surface area contributed by atoms with E-state index >= 15 is 0 Å². The lowest BCUT2D eigenvalue weighted by atomic mass is 9.82. The Balaban J connectivity index is 1.72. The van der Waals surface area contributed by atoms with Crippen molar-refractivity contribution in [1.82, 2.24) is 15.1 Å². The lowest BCUT2D eigenvalue weighted by Gasteiger charge is -2.24. The van der Waals surface area contributed by atoms with Crippen LogP contribution in [0.5, 0.6) is 0 Å². The second kappa shape index (κ2) is 5.48. The van der Waals surface area contributed by atoms with Crippen LogP contribution < -0.4 is 5.73 Å². The minimum Gasteiger partial charge on any atom is -0.339 e. The Labute approximate surface area is 112 Å². The molecule has 1 aliphatic rings. The molecule has 0 spiro atoms. The SMILES string of the molecule is NCC1CCC(c2nc(-c3ccccn3)no2)CC1. The molecule has 1 saturated carbocycles. The molecule has 100 valence electrons. The minimum absolute atomic E-state index is 0.382. The molecule has 0 aromatic carbocycles. The number of nitrogens with zero attached hydrogens (tertiary/aromatic N) is 3. The Kier molecular flexibility index (Phi) is 3.55. The summed E-state index contributed by atoms with van der Waals surface area (Å²) in [6, 6.07) is 5.68. The molecule has 19 heavy (non-hydrogen) atoms. The van der Waals surface area contributed by atoms with Gasteiger partial charge in [0.15, 0.2) is 0 Å². The van der Waals surface area contributed by atoms with Gasteiger partial charge >= 0.3 is 0 Å². The molecule has 2 heterocycles. The van der Waals surface area contributed by atoms with Crippen molar-refractivity contribution in [3.05, 3.63) is 30.3 Å². The van der Waals surface area contributed by atoms with Gasteiger partial charge in [0.2, 0.25) is 11.7 Å². The maximum atomic E-state index is 5.71. The maximum absolute atomic E-state index is 5.71. The molecule has 2 aromatic rings. The first-order valence-corrected chi connectivity index (χ1v) is 6.82. The number of rotatable bonds is 3. The van der Waals surface area contributed by atoms with Crippen LogP contribution in [0, 0.1) is 5.92 Å². The van der Waals surface area contributed by atoms with Crippen molar-refractivity contribution in [2.24, 2.45) is 11.7 Å². The fourth-order valence-electron chi connectivity index (χ4n) is 2.65. The van der Waals surface area contributed by atoms with Crippen LogP contribution in [0.1, 0.15) is 37.5 Å². The number of pyridine rings is 1. The average molecular weight is 258 g/mol. The summed E-state index contributed by atoms with van der Waals surface area (Å²) < 4.78 is 5.40. The molecule has 0 atom stereocenters. The zero-order chi connectivity index (χ0) is 13.1. The number of hydrogen-bond donors (Lipinski definition) is 1. The molecule has 0 aliphatic heterocycles.